The Labute approximate surface area is 109 Å². The summed E-state index contributed by atoms with van der Waals surface area (Å²) in [7, 11) is 0. The number of aryl methyl sites for hydroxylation is 1. The second-order valence-electron chi connectivity index (χ2n) is 4.57. The minimum absolute atomic E-state index is 0.550. The molecular formula is C15H21N3. The van der Waals surface area contributed by atoms with Crippen LogP contribution in [0.2, 0.25) is 0 Å². The minimum Gasteiger partial charge on any atom is -0.315 e. The Balaban J connectivity index is 2.05. The molecule has 0 saturated heterocycles. The first-order valence-corrected chi connectivity index (χ1v) is 6.63. The van der Waals surface area contributed by atoms with Gasteiger partial charge >= 0.3 is 0 Å². The maximum atomic E-state index is 4.41. The van der Waals surface area contributed by atoms with Crippen molar-refractivity contribution >= 4 is 0 Å². The molecule has 1 heterocycles. The SMILES string of the molecule is CCNC(C)CCc1ccnn1-c1ccccc1. The molecule has 1 unspecified atom stereocenters. The second kappa shape index (κ2) is 6.36. The van der Waals surface area contributed by atoms with Crippen LogP contribution in [0.4, 0.5) is 0 Å². The Morgan fingerprint density at radius 2 is 2.00 bits per heavy atom. The van der Waals surface area contributed by atoms with Gasteiger partial charge in [0.2, 0.25) is 0 Å². The number of nitrogens with zero attached hydrogens (tertiary/aromatic N) is 2. The second-order valence-corrected chi connectivity index (χ2v) is 4.57. The van der Waals surface area contributed by atoms with Crippen LogP contribution in [-0.4, -0.2) is 22.4 Å². The quantitative estimate of drug-likeness (QED) is 0.845. The van der Waals surface area contributed by atoms with Gasteiger partial charge in [-0.2, -0.15) is 5.10 Å². The fourth-order valence-electron chi connectivity index (χ4n) is 2.14. The van der Waals surface area contributed by atoms with Gasteiger partial charge in [0.15, 0.2) is 0 Å². The molecule has 1 aromatic heterocycles. The van der Waals surface area contributed by atoms with Crippen molar-refractivity contribution < 1.29 is 0 Å². The van der Waals surface area contributed by atoms with Gasteiger partial charge in [0.1, 0.15) is 0 Å². The van der Waals surface area contributed by atoms with E-state index in [2.05, 4.69) is 42.5 Å². The Morgan fingerprint density at radius 3 is 2.72 bits per heavy atom. The van der Waals surface area contributed by atoms with Crippen LogP contribution in [-0.2, 0) is 6.42 Å². The van der Waals surface area contributed by atoms with Gasteiger partial charge in [0.05, 0.1) is 5.69 Å². The summed E-state index contributed by atoms with van der Waals surface area (Å²) in [6.07, 6.45) is 4.05. The molecule has 0 aliphatic heterocycles. The third-order valence-corrected chi connectivity index (χ3v) is 3.11. The third kappa shape index (κ3) is 3.20. The van der Waals surface area contributed by atoms with Crippen LogP contribution in [0.15, 0.2) is 42.6 Å². The first-order chi connectivity index (χ1) is 8.81. The van der Waals surface area contributed by atoms with Crippen molar-refractivity contribution in [3.8, 4) is 5.69 Å². The number of benzene rings is 1. The molecule has 2 rings (SSSR count). The molecule has 3 heteroatoms. The number of rotatable bonds is 6. The van der Waals surface area contributed by atoms with Gasteiger partial charge in [-0.25, -0.2) is 4.68 Å². The zero-order valence-corrected chi connectivity index (χ0v) is 11.1. The molecule has 0 spiro atoms. The smallest absolute Gasteiger partial charge is 0.0648 e. The predicted octanol–water partition coefficient (Wildman–Crippen LogP) is 2.80. The van der Waals surface area contributed by atoms with Crippen molar-refractivity contribution in [2.75, 3.05) is 6.54 Å². The monoisotopic (exact) mass is 243 g/mol. The first-order valence-electron chi connectivity index (χ1n) is 6.63. The van der Waals surface area contributed by atoms with Gasteiger partial charge in [0.25, 0.3) is 0 Å². The van der Waals surface area contributed by atoms with Gasteiger partial charge < -0.3 is 5.32 Å². The summed E-state index contributed by atoms with van der Waals surface area (Å²) in [6.45, 7) is 5.40. The van der Waals surface area contributed by atoms with Crippen molar-refractivity contribution in [1.29, 1.82) is 0 Å². The van der Waals surface area contributed by atoms with Gasteiger partial charge in [-0.15, -0.1) is 0 Å². The molecule has 3 nitrogen and oxygen atoms in total. The van der Waals surface area contributed by atoms with E-state index in [1.54, 1.807) is 0 Å². The van der Waals surface area contributed by atoms with Crippen LogP contribution < -0.4 is 5.32 Å². The fraction of sp³-hybridized carbons (Fsp3) is 0.400. The van der Waals surface area contributed by atoms with Crippen LogP contribution in [0.1, 0.15) is 26.0 Å². The Bertz CT molecular complexity index is 462. The highest BCUT2D eigenvalue weighted by molar-refractivity contribution is 5.32. The number of hydrogen-bond donors (Lipinski definition) is 1. The van der Waals surface area contributed by atoms with E-state index in [1.165, 1.54) is 5.69 Å². The molecule has 0 saturated carbocycles. The summed E-state index contributed by atoms with van der Waals surface area (Å²) in [5.74, 6) is 0. The highest BCUT2D eigenvalue weighted by Gasteiger charge is 2.06. The molecular weight excluding hydrogens is 222 g/mol. The zero-order valence-electron chi connectivity index (χ0n) is 11.1. The van der Waals surface area contributed by atoms with E-state index in [0.29, 0.717) is 6.04 Å². The van der Waals surface area contributed by atoms with Crippen molar-refractivity contribution in [3.63, 3.8) is 0 Å². The average molecular weight is 243 g/mol. The predicted molar refractivity (Wildman–Crippen MR) is 75.0 cm³/mol. The summed E-state index contributed by atoms with van der Waals surface area (Å²) < 4.78 is 2.03. The first kappa shape index (κ1) is 12.8. The van der Waals surface area contributed by atoms with E-state index in [4.69, 9.17) is 0 Å². The summed E-state index contributed by atoms with van der Waals surface area (Å²) in [5.41, 5.74) is 2.40. The van der Waals surface area contributed by atoms with E-state index in [9.17, 15) is 0 Å². The molecule has 0 aliphatic carbocycles. The molecule has 96 valence electrons. The highest BCUT2D eigenvalue weighted by Crippen LogP contribution is 2.12. The lowest BCUT2D eigenvalue weighted by Crippen LogP contribution is -2.26. The van der Waals surface area contributed by atoms with Crippen LogP contribution in [0.3, 0.4) is 0 Å². The summed E-state index contributed by atoms with van der Waals surface area (Å²) >= 11 is 0. The summed E-state index contributed by atoms with van der Waals surface area (Å²) in [4.78, 5) is 0. The normalized spacial score (nSPS) is 12.6. The fourth-order valence-corrected chi connectivity index (χ4v) is 2.14. The minimum atomic E-state index is 0.550. The molecule has 1 aromatic carbocycles. The lowest BCUT2D eigenvalue weighted by Gasteiger charge is -2.13. The van der Waals surface area contributed by atoms with Crippen LogP contribution in [0.25, 0.3) is 5.69 Å². The van der Waals surface area contributed by atoms with Crippen molar-refractivity contribution in [2.45, 2.75) is 32.7 Å². The molecule has 0 radical (unpaired) electrons. The van der Waals surface area contributed by atoms with E-state index in [0.717, 1.165) is 25.1 Å². The number of hydrogen-bond acceptors (Lipinski definition) is 2. The molecule has 0 fully saturated rings. The van der Waals surface area contributed by atoms with E-state index < -0.39 is 0 Å². The number of para-hydroxylation sites is 1. The lowest BCUT2D eigenvalue weighted by molar-refractivity contribution is 0.524. The zero-order chi connectivity index (χ0) is 12.8. The van der Waals surface area contributed by atoms with E-state index >= 15 is 0 Å². The molecule has 0 bridgehead atoms. The van der Waals surface area contributed by atoms with Crippen molar-refractivity contribution in [1.82, 2.24) is 15.1 Å². The Morgan fingerprint density at radius 1 is 1.22 bits per heavy atom. The van der Waals surface area contributed by atoms with Crippen molar-refractivity contribution in [3.05, 3.63) is 48.3 Å². The van der Waals surface area contributed by atoms with Crippen LogP contribution >= 0.6 is 0 Å². The maximum absolute atomic E-state index is 4.41. The summed E-state index contributed by atoms with van der Waals surface area (Å²) in [5, 5.41) is 7.84. The van der Waals surface area contributed by atoms with Gasteiger partial charge in [0, 0.05) is 17.9 Å². The standard InChI is InChI=1S/C15H21N3/c1-3-16-13(2)9-10-15-11-12-17-18(15)14-7-5-4-6-8-14/h4-8,11-13,16H,3,9-10H2,1-2H3. The van der Waals surface area contributed by atoms with Gasteiger partial charge in [-0.1, -0.05) is 25.1 Å². The Kier molecular flexibility index (Phi) is 4.53. The molecule has 18 heavy (non-hydrogen) atoms. The molecule has 0 aliphatic rings. The topological polar surface area (TPSA) is 29.9 Å². The molecule has 2 aromatic rings. The van der Waals surface area contributed by atoms with Gasteiger partial charge in [-0.3, -0.25) is 0 Å². The highest BCUT2D eigenvalue weighted by atomic mass is 15.3. The molecule has 0 amide bonds. The molecule has 1 N–H and O–H groups in total. The number of nitrogens with one attached hydrogen (secondary N) is 1. The van der Waals surface area contributed by atoms with Gasteiger partial charge in [-0.05, 0) is 44.5 Å². The largest absolute Gasteiger partial charge is 0.315 e. The van der Waals surface area contributed by atoms with E-state index in [-0.39, 0.29) is 0 Å². The average Bonchev–Trinajstić information content (AvgIpc) is 2.86. The van der Waals surface area contributed by atoms with E-state index in [1.807, 2.05) is 29.1 Å². The summed E-state index contributed by atoms with van der Waals surface area (Å²) in [6, 6.07) is 12.9. The molecule has 1 atom stereocenters. The van der Waals surface area contributed by atoms with Crippen LogP contribution in [0.5, 0.6) is 0 Å². The lowest BCUT2D eigenvalue weighted by atomic mass is 10.1. The maximum Gasteiger partial charge on any atom is 0.0648 e. The Hall–Kier alpha value is -1.61. The third-order valence-electron chi connectivity index (χ3n) is 3.11. The van der Waals surface area contributed by atoms with Crippen molar-refractivity contribution in [2.24, 2.45) is 0 Å². The van der Waals surface area contributed by atoms with Crippen LogP contribution in [0, 0.1) is 0 Å². The number of aromatic nitrogens is 2.